The first-order chi connectivity index (χ1) is 9.95. The molecule has 1 amide bonds. The van der Waals surface area contributed by atoms with Gasteiger partial charge in [-0.2, -0.15) is 0 Å². The van der Waals surface area contributed by atoms with Crippen LogP contribution in [0.3, 0.4) is 0 Å². The van der Waals surface area contributed by atoms with Gasteiger partial charge in [0.15, 0.2) is 15.0 Å². The number of hydrogen-bond acceptors (Lipinski definition) is 5. The number of nitrogens with one attached hydrogen (secondary N) is 1. The third-order valence-corrected chi connectivity index (χ3v) is 5.20. The Kier molecular flexibility index (Phi) is 3.54. The van der Waals surface area contributed by atoms with E-state index in [0.717, 1.165) is 24.8 Å². The first kappa shape index (κ1) is 14.2. The van der Waals surface area contributed by atoms with Gasteiger partial charge in [0.25, 0.3) is 5.91 Å². The molecular formula is C14H14N2O3S2. The molecular weight excluding hydrogens is 308 g/mol. The van der Waals surface area contributed by atoms with Crippen molar-refractivity contribution < 1.29 is 13.2 Å². The Morgan fingerprint density at radius 2 is 2.05 bits per heavy atom. The van der Waals surface area contributed by atoms with Crippen molar-refractivity contribution in [3.8, 4) is 0 Å². The summed E-state index contributed by atoms with van der Waals surface area (Å²) in [4.78, 5) is 16.7. The Hall–Kier alpha value is -1.73. The average molecular weight is 322 g/mol. The number of carbonyl (C=O) groups excluding carboxylic acids is 1. The molecule has 1 heterocycles. The summed E-state index contributed by atoms with van der Waals surface area (Å²) >= 11 is 1.36. The van der Waals surface area contributed by atoms with Crippen LogP contribution in [-0.4, -0.2) is 25.6 Å². The highest BCUT2D eigenvalue weighted by atomic mass is 32.2. The Labute approximate surface area is 127 Å². The van der Waals surface area contributed by atoms with Gasteiger partial charge in [-0.1, -0.05) is 12.1 Å². The molecule has 5 nitrogen and oxygen atoms in total. The molecule has 21 heavy (non-hydrogen) atoms. The van der Waals surface area contributed by atoms with Gasteiger partial charge < -0.3 is 0 Å². The Morgan fingerprint density at radius 1 is 1.33 bits per heavy atom. The lowest BCUT2D eigenvalue weighted by molar-refractivity contribution is 0.102. The molecule has 0 bridgehead atoms. The lowest BCUT2D eigenvalue weighted by Crippen LogP contribution is -2.15. The van der Waals surface area contributed by atoms with Crippen molar-refractivity contribution >= 4 is 32.2 Å². The molecule has 1 aromatic heterocycles. The van der Waals surface area contributed by atoms with Gasteiger partial charge in [0.2, 0.25) is 0 Å². The van der Waals surface area contributed by atoms with Crippen LogP contribution in [0.4, 0.5) is 5.13 Å². The summed E-state index contributed by atoms with van der Waals surface area (Å²) in [7, 11) is -3.45. The minimum Gasteiger partial charge on any atom is -0.298 e. The van der Waals surface area contributed by atoms with Crippen molar-refractivity contribution in [1.29, 1.82) is 0 Å². The van der Waals surface area contributed by atoms with Crippen molar-refractivity contribution in [2.45, 2.75) is 23.7 Å². The third-order valence-electron chi connectivity index (χ3n) is 3.27. The number of carbonyl (C=O) groups is 1. The van der Waals surface area contributed by atoms with E-state index in [0.29, 0.717) is 11.0 Å². The molecule has 2 aromatic rings. The van der Waals surface area contributed by atoms with Gasteiger partial charge in [0, 0.05) is 17.6 Å². The molecule has 1 aliphatic rings. The zero-order chi connectivity index (χ0) is 15.0. The predicted molar refractivity (Wildman–Crippen MR) is 81.6 cm³/mol. The standard InChI is InChI=1S/C14H14N2O3S2/c1-21(18,19)12-5-3-2-4-10(12)13(17)16-14-15-11(8-20-14)9-6-7-9/h2-5,8-9H,6-7H2,1H3,(H,15,16,17). The smallest absolute Gasteiger partial charge is 0.258 e. The molecule has 0 unspecified atom stereocenters. The van der Waals surface area contributed by atoms with Gasteiger partial charge >= 0.3 is 0 Å². The normalized spacial score (nSPS) is 14.9. The fraction of sp³-hybridized carbons (Fsp3) is 0.286. The van der Waals surface area contributed by atoms with E-state index in [1.54, 1.807) is 12.1 Å². The van der Waals surface area contributed by atoms with Crippen LogP contribution < -0.4 is 5.32 Å². The molecule has 0 aliphatic heterocycles. The molecule has 1 N–H and O–H groups in total. The van der Waals surface area contributed by atoms with Crippen molar-refractivity contribution in [2.75, 3.05) is 11.6 Å². The predicted octanol–water partition coefficient (Wildman–Crippen LogP) is 2.68. The van der Waals surface area contributed by atoms with Crippen LogP contribution in [0.1, 0.15) is 34.8 Å². The van der Waals surface area contributed by atoms with Crippen LogP contribution in [0.25, 0.3) is 0 Å². The molecule has 1 aromatic carbocycles. The number of hydrogen-bond donors (Lipinski definition) is 1. The lowest BCUT2D eigenvalue weighted by atomic mass is 10.2. The van der Waals surface area contributed by atoms with E-state index in [-0.39, 0.29) is 10.5 Å². The van der Waals surface area contributed by atoms with E-state index in [2.05, 4.69) is 10.3 Å². The summed E-state index contributed by atoms with van der Waals surface area (Å²) < 4.78 is 23.4. The molecule has 110 valence electrons. The highest BCUT2D eigenvalue weighted by molar-refractivity contribution is 7.90. The Morgan fingerprint density at radius 3 is 2.71 bits per heavy atom. The first-order valence-corrected chi connectivity index (χ1v) is 9.28. The second kappa shape index (κ2) is 5.23. The van der Waals surface area contributed by atoms with E-state index >= 15 is 0 Å². The summed E-state index contributed by atoms with van der Waals surface area (Å²) in [5.41, 5.74) is 1.15. The molecule has 3 rings (SSSR count). The molecule has 1 fully saturated rings. The first-order valence-electron chi connectivity index (χ1n) is 6.51. The van der Waals surface area contributed by atoms with Gasteiger partial charge in [-0.05, 0) is 25.0 Å². The van der Waals surface area contributed by atoms with Crippen LogP contribution in [0.15, 0.2) is 34.5 Å². The van der Waals surface area contributed by atoms with Crippen molar-refractivity contribution in [3.63, 3.8) is 0 Å². The van der Waals surface area contributed by atoms with Crippen molar-refractivity contribution in [1.82, 2.24) is 4.98 Å². The summed E-state index contributed by atoms with van der Waals surface area (Å²) in [6, 6.07) is 6.17. The molecule has 1 saturated carbocycles. The Balaban J connectivity index is 1.85. The fourth-order valence-electron chi connectivity index (χ4n) is 2.05. The summed E-state index contributed by atoms with van der Waals surface area (Å²) in [6.45, 7) is 0. The molecule has 0 radical (unpaired) electrons. The zero-order valence-corrected chi connectivity index (χ0v) is 13.0. The number of anilines is 1. The summed E-state index contributed by atoms with van der Waals surface area (Å²) in [6.07, 6.45) is 3.38. The van der Waals surface area contributed by atoms with Crippen LogP contribution in [0.5, 0.6) is 0 Å². The monoisotopic (exact) mass is 322 g/mol. The second-order valence-electron chi connectivity index (χ2n) is 5.07. The number of aromatic nitrogens is 1. The molecule has 1 aliphatic carbocycles. The number of benzene rings is 1. The van der Waals surface area contributed by atoms with Crippen LogP contribution in [0.2, 0.25) is 0 Å². The lowest BCUT2D eigenvalue weighted by Gasteiger charge is -2.06. The maximum absolute atomic E-state index is 12.3. The van der Waals surface area contributed by atoms with E-state index in [9.17, 15) is 13.2 Å². The van der Waals surface area contributed by atoms with Gasteiger partial charge in [-0.3, -0.25) is 10.1 Å². The summed E-state index contributed by atoms with van der Waals surface area (Å²) in [5, 5.41) is 5.12. The number of thiazole rings is 1. The van der Waals surface area contributed by atoms with E-state index < -0.39 is 15.7 Å². The summed E-state index contributed by atoms with van der Waals surface area (Å²) in [5.74, 6) is 0.0722. The van der Waals surface area contributed by atoms with Gasteiger partial charge in [0.05, 0.1) is 16.2 Å². The third kappa shape index (κ3) is 3.14. The topological polar surface area (TPSA) is 76.1 Å². The second-order valence-corrected chi connectivity index (χ2v) is 7.92. The number of rotatable bonds is 4. The molecule has 7 heteroatoms. The minimum atomic E-state index is -3.45. The van der Waals surface area contributed by atoms with Gasteiger partial charge in [0.1, 0.15) is 0 Å². The van der Waals surface area contributed by atoms with Crippen molar-refractivity contribution in [2.24, 2.45) is 0 Å². The fourth-order valence-corrected chi connectivity index (χ4v) is 3.73. The highest BCUT2D eigenvalue weighted by Gasteiger charge is 2.26. The number of nitrogens with zero attached hydrogens (tertiary/aromatic N) is 1. The molecule has 0 atom stereocenters. The van der Waals surface area contributed by atoms with Crippen molar-refractivity contribution in [3.05, 3.63) is 40.9 Å². The maximum atomic E-state index is 12.3. The Bertz CT molecular complexity index is 792. The van der Waals surface area contributed by atoms with Crippen LogP contribution >= 0.6 is 11.3 Å². The molecule has 0 saturated heterocycles. The van der Waals surface area contributed by atoms with E-state index in [1.165, 1.54) is 23.5 Å². The zero-order valence-electron chi connectivity index (χ0n) is 11.4. The van der Waals surface area contributed by atoms with E-state index in [4.69, 9.17) is 0 Å². The average Bonchev–Trinajstić information content (AvgIpc) is 3.19. The van der Waals surface area contributed by atoms with Gasteiger partial charge in [-0.15, -0.1) is 11.3 Å². The molecule has 0 spiro atoms. The van der Waals surface area contributed by atoms with E-state index in [1.807, 2.05) is 5.38 Å². The largest absolute Gasteiger partial charge is 0.298 e. The maximum Gasteiger partial charge on any atom is 0.258 e. The number of sulfone groups is 1. The SMILES string of the molecule is CS(=O)(=O)c1ccccc1C(=O)Nc1nc(C2CC2)cs1. The highest BCUT2D eigenvalue weighted by Crippen LogP contribution is 2.40. The quantitative estimate of drug-likeness (QED) is 0.939. The van der Waals surface area contributed by atoms with Gasteiger partial charge in [-0.25, -0.2) is 13.4 Å². The van der Waals surface area contributed by atoms with Crippen LogP contribution in [-0.2, 0) is 9.84 Å². The number of amides is 1. The minimum absolute atomic E-state index is 0.0291. The van der Waals surface area contributed by atoms with Crippen LogP contribution in [0, 0.1) is 0 Å².